The van der Waals surface area contributed by atoms with Gasteiger partial charge in [0, 0.05) is 0 Å². The van der Waals surface area contributed by atoms with Crippen molar-refractivity contribution in [3.63, 3.8) is 0 Å². The predicted octanol–water partition coefficient (Wildman–Crippen LogP) is 3.47. The Labute approximate surface area is 142 Å². The first-order valence-electron chi connectivity index (χ1n) is 7.65. The van der Waals surface area contributed by atoms with Crippen molar-refractivity contribution in [3.05, 3.63) is 78.4 Å². The molecule has 0 saturated heterocycles. The maximum atomic E-state index is 12.6. The molecule has 0 aliphatic heterocycles. The van der Waals surface area contributed by atoms with Crippen LogP contribution >= 0.6 is 0 Å². The number of fused-ring (bicyclic) bond motifs is 1. The van der Waals surface area contributed by atoms with Crippen LogP contribution in [0, 0.1) is 0 Å². The zero-order valence-electron chi connectivity index (χ0n) is 12.9. The van der Waals surface area contributed by atoms with Gasteiger partial charge in [0.2, 0.25) is 0 Å². The molecule has 3 aromatic carbocycles. The summed E-state index contributed by atoms with van der Waals surface area (Å²) in [5.41, 5.74) is 1.06. The van der Waals surface area contributed by atoms with Gasteiger partial charge in [0.05, 0.1) is 0 Å². The number of hydrogen-bond acceptors (Lipinski definition) is 2. The van der Waals surface area contributed by atoms with Crippen LogP contribution in [0.3, 0.4) is 0 Å². The third kappa shape index (κ3) is 3.64. The fraction of sp³-hybridized carbons (Fsp3) is 0.150. The van der Waals surface area contributed by atoms with E-state index in [4.69, 9.17) is 4.74 Å². The van der Waals surface area contributed by atoms with E-state index in [1.807, 2.05) is 43.3 Å². The topological polar surface area (TPSA) is 26.3 Å². The van der Waals surface area contributed by atoms with Crippen LogP contribution in [-0.4, -0.2) is 27.5 Å². The molecule has 0 aromatic heterocycles. The van der Waals surface area contributed by atoms with Gasteiger partial charge in [-0.05, 0) is 0 Å². The molecule has 0 aliphatic rings. The number of carbonyl (C=O) groups excluding carboxylic acids is 1. The second-order valence-corrected chi connectivity index (χ2v) is 7.60. The molecule has 3 rings (SSSR count). The Hall–Kier alpha value is -2.09. The number of benzene rings is 3. The Balaban J connectivity index is 2.04. The fourth-order valence-corrected chi connectivity index (χ4v) is 4.84. The SMILES string of the molecule is CCOC(=O)C([Se]c1ccccc1)c1cccc2ccccc12. The van der Waals surface area contributed by atoms with Crippen molar-refractivity contribution in [3.8, 4) is 0 Å². The van der Waals surface area contributed by atoms with E-state index in [-0.39, 0.29) is 25.7 Å². The molecule has 3 heteroatoms. The van der Waals surface area contributed by atoms with Crippen LogP contribution in [-0.2, 0) is 9.53 Å². The first-order chi connectivity index (χ1) is 11.3. The number of rotatable bonds is 5. The van der Waals surface area contributed by atoms with Crippen molar-refractivity contribution in [2.24, 2.45) is 0 Å². The summed E-state index contributed by atoms with van der Waals surface area (Å²) < 4.78 is 6.56. The van der Waals surface area contributed by atoms with Crippen molar-refractivity contribution in [1.29, 1.82) is 0 Å². The summed E-state index contributed by atoms with van der Waals surface area (Å²) in [6.45, 7) is 2.26. The van der Waals surface area contributed by atoms with Crippen molar-refractivity contribution in [2.75, 3.05) is 6.61 Å². The molecule has 1 unspecified atom stereocenters. The number of esters is 1. The maximum absolute atomic E-state index is 12.6. The van der Waals surface area contributed by atoms with Gasteiger partial charge in [0.1, 0.15) is 0 Å². The molecular weight excluding hydrogens is 351 g/mol. The molecule has 0 spiro atoms. The summed E-state index contributed by atoms with van der Waals surface area (Å²) in [6.07, 6.45) is 0. The van der Waals surface area contributed by atoms with E-state index in [0.29, 0.717) is 6.61 Å². The summed E-state index contributed by atoms with van der Waals surface area (Å²) in [5.74, 6) is -0.132. The molecule has 0 N–H and O–H groups in total. The van der Waals surface area contributed by atoms with Crippen LogP contribution in [0.1, 0.15) is 17.3 Å². The van der Waals surface area contributed by atoms with Crippen LogP contribution < -0.4 is 4.46 Å². The molecule has 0 bridgehead atoms. The Morgan fingerprint density at radius 1 is 0.957 bits per heavy atom. The molecule has 116 valence electrons. The summed E-state index contributed by atoms with van der Waals surface area (Å²) in [7, 11) is 0. The second kappa shape index (κ2) is 7.45. The second-order valence-electron chi connectivity index (χ2n) is 5.13. The van der Waals surface area contributed by atoms with E-state index in [1.165, 1.54) is 4.46 Å². The van der Waals surface area contributed by atoms with Crippen LogP contribution in [0.5, 0.6) is 0 Å². The monoisotopic (exact) mass is 370 g/mol. The Bertz CT molecular complexity index is 794. The van der Waals surface area contributed by atoms with E-state index in [0.717, 1.165) is 16.3 Å². The number of carbonyl (C=O) groups is 1. The Kier molecular flexibility index (Phi) is 5.12. The average molecular weight is 369 g/mol. The van der Waals surface area contributed by atoms with Gasteiger partial charge < -0.3 is 0 Å². The fourth-order valence-electron chi connectivity index (χ4n) is 2.57. The predicted molar refractivity (Wildman–Crippen MR) is 95.2 cm³/mol. The number of ether oxygens (including phenoxy) is 1. The van der Waals surface area contributed by atoms with E-state index in [9.17, 15) is 4.79 Å². The van der Waals surface area contributed by atoms with Crippen LogP contribution in [0.15, 0.2) is 72.8 Å². The minimum atomic E-state index is -0.226. The average Bonchev–Trinajstić information content (AvgIpc) is 2.60. The van der Waals surface area contributed by atoms with Gasteiger partial charge in [-0.3, -0.25) is 0 Å². The van der Waals surface area contributed by atoms with Gasteiger partial charge in [0.15, 0.2) is 0 Å². The van der Waals surface area contributed by atoms with Crippen molar-refractivity contribution in [1.82, 2.24) is 0 Å². The zero-order valence-corrected chi connectivity index (χ0v) is 14.7. The van der Waals surface area contributed by atoms with Crippen molar-refractivity contribution >= 4 is 36.2 Å². The Morgan fingerprint density at radius 2 is 1.65 bits per heavy atom. The van der Waals surface area contributed by atoms with Crippen LogP contribution in [0.4, 0.5) is 0 Å². The molecule has 0 saturated carbocycles. The van der Waals surface area contributed by atoms with Gasteiger partial charge in [-0.15, -0.1) is 0 Å². The first-order valence-corrected chi connectivity index (χ1v) is 9.50. The van der Waals surface area contributed by atoms with Gasteiger partial charge in [-0.25, -0.2) is 0 Å². The molecule has 1 atom stereocenters. The van der Waals surface area contributed by atoms with E-state index < -0.39 is 0 Å². The van der Waals surface area contributed by atoms with Gasteiger partial charge in [0.25, 0.3) is 0 Å². The summed E-state index contributed by atoms with van der Waals surface area (Å²) >= 11 is -0.0162. The quantitative estimate of drug-likeness (QED) is 0.509. The van der Waals surface area contributed by atoms with Gasteiger partial charge in [-0.2, -0.15) is 0 Å². The summed E-state index contributed by atoms with van der Waals surface area (Å²) in [4.78, 5) is 12.4. The van der Waals surface area contributed by atoms with E-state index in [1.54, 1.807) is 0 Å². The van der Waals surface area contributed by atoms with Crippen molar-refractivity contribution in [2.45, 2.75) is 11.7 Å². The third-order valence-corrected chi connectivity index (χ3v) is 6.18. The van der Waals surface area contributed by atoms with Gasteiger partial charge in [-0.1, -0.05) is 0 Å². The Morgan fingerprint density at radius 3 is 2.43 bits per heavy atom. The summed E-state index contributed by atoms with van der Waals surface area (Å²) in [6, 6.07) is 24.5. The molecule has 2 nitrogen and oxygen atoms in total. The minimum absolute atomic E-state index is 0.0162. The number of hydrogen-bond donors (Lipinski definition) is 0. The third-order valence-electron chi connectivity index (χ3n) is 3.60. The normalized spacial score (nSPS) is 12.0. The first kappa shape index (κ1) is 15.8. The van der Waals surface area contributed by atoms with Crippen molar-refractivity contribution < 1.29 is 9.53 Å². The van der Waals surface area contributed by atoms with Crippen LogP contribution in [0.25, 0.3) is 10.8 Å². The molecule has 0 radical (unpaired) electrons. The summed E-state index contributed by atoms with van der Waals surface area (Å²) in [5, 5.41) is 2.29. The van der Waals surface area contributed by atoms with Gasteiger partial charge >= 0.3 is 142 Å². The molecule has 23 heavy (non-hydrogen) atoms. The molecule has 0 amide bonds. The zero-order chi connectivity index (χ0) is 16.1. The van der Waals surface area contributed by atoms with E-state index in [2.05, 4.69) is 36.4 Å². The molecular formula is C20H18O2Se. The molecule has 0 fully saturated rings. The molecule has 0 aliphatic carbocycles. The van der Waals surface area contributed by atoms with Crippen LogP contribution in [0.2, 0.25) is 0 Å². The standard InChI is InChI=1S/C20H18O2Se/c1-2-22-20(21)19(23-16-11-4-3-5-12-16)18-14-8-10-15-9-6-7-13-17(15)18/h3-14,19H,2H2,1H3. The molecule has 0 heterocycles. The molecule has 3 aromatic rings. The van der Waals surface area contributed by atoms with E-state index >= 15 is 0 Å².